The van der Waals surface area contributed by atoms with Crippen molar-refractivity contribution in [2.75, 3.05) is 27.2 Å². The first-order valence-corrected chi connectivity index (χ1v) is 9.53. The molecule has 1 heterocycles. The van der Waals surface area contributed by atoms with Gasteiger partial charge in [0, 0.05) is 35.8 Å². The molecule has 1 unspecified atom stereocenters. The number of nitrogens with zero attached hydrogens (tertiary/aromatic N) is 2. The molecule has 1 aromatic carbocycles. The average molecular weight is 444 g/mol. The Kier molecular flexibility index (Phi) is 8.14. The second-order valence-corrected chi connectivity index (χ2v) is 7.38. The van der Waals surface area contributed by atoms with Gasteiger partial charge in [0.2, 0.25) is 5.91 Å². The number of carboxylic acids is 1. The van der Waals surface area contributed by atoms with Gasteiger partial charge in [0.15, 0.2) is 0 Å². The third kappa shape index (κ3) is 7.06. The third-order valence-electron chi connectivity index (χ3n) is 4.72. The van der Waals surface area contributed by atoms with Gasteiger partial charge >= 0.3 is 12.1 Å². The van der Waals surface area contributed by atoms with E-state index in [1.807, 2.05) is 25.1 Å². The number of alkyl halides is 3. The van der Waals surface area contributed by atoms with Crippen molar-refractivity contribution < 1.29 is 32.3 Å². The number of halogens is 4. The van der Waals surface area contributed by atoms with Crippen LogP contribution in [0.2, 0.25) is 0 Å². The summed E-state index contributed by atoms with van der Waals surface area (Å²) < 4.78 is 45.2. The van der Waals surface area contributed by atoms with Gasteiger partial charge in [-0.25, -0.2) is 9.18 Å². The molecule has 1 amide bonds. The van der Waals surface area contributed by atoms with Crippen LogP contribution in [0.4, 0.5) is 17.6 Å². The van der Waals surface area contributed by atoms with Gasteiger partial charge in [-0.1, -0.05) is 12.1 Å². The monoisotopic (exact) mass is 444 g/mol. The Hall–Kier alpha value is -2.95. The molecule has 1 atom stereocenters. The normalized spacial score (nSPS) is 15.6. The number of hydrogen-bond acceptors (Lipinski definition) is 4. The van der Waals surface area contributed by atoms with E-state index < -0.39 is 12.1 Å². The highest BCUT2D eigenvalue weighted by molar-refractivity contribution is 5.80. The number of aryl methyl sites for hydroxylation is 1. The first-order chi connectivity index (χ1) is 14.5. The van der Waals surface area contributed by atoms with Gasteiger partial charge in [-0.3, -0.25) is 9.89 Å². The molecule has 31 heavy (non-hydrogen) atoms. The summed E-state index contributed by atoms with van der Waals surface area (Å²) in [6.45, 7) is 1.47. The maximum atomic E-state index is 13.5. The lowest BCUT2D eigenvalue weighted by atomic mass is 9.85. The van der Waals surface area contributed by atoms with E-state index in [2.05, 4.69) is 15.5 Å². The van der Waals surface area contributed by atoms with Crippen molar-refractivity contribution in [2.24, 2.45) is 5.92 Å². The maximum absolute atomic E-state index is 13.5. The largest absolute Gasteiger partial charge is 0.490 e. The predicted molar refractivity (Wildman–Crippen MR) is 105 cm³/mol. The molecule has 0 spiro atoms. The maximum Gasteiger partial charge on any atom is 0.490 e. The van der Waals surface area contributed by atoms with Crippen LogP contribution in [0.15, 0.2) is 24.3 Å². The van der Waals surface area contributed by atoms with Gasteiger partial charge in [0.05, 0.1) is 5.69 Å². The van der Waals surface area contributed by atoms with Gasteiger partial charge < -0.3 is 15.3 Å². The minimum atomic E-state index is -5.08. The summed E-state index contributed by atoms with van der Waals surface area (Å²) >= 11 is 0. The number of amides is 1. The van der Waals surface area contributed by atoms with Gasteiger partial charge in [0.1, 0.15) is 5.82 Å². The number of nitrogens with one attached hydrogen (secondary N) is 2. The molecule has 7 nitrogen and oxygen atoms in total. The molecule has 0 aliphatic heterocycles. The van der Waals surface area contributed by atoms with E-state index in [1.165, 1.54) is 12.1 Å². The Labute approximate surface area is 176 Å². The highest BCUT2D eigenvalue weighted by atomic mass is 19.4. The lowest BCUT2D eigenvalue weighted by Gasteiger charge is -2.22. The number of aromatic nitrogens is 2. The Balaban J connectivity index is 0.000000423. The number of H-pyrrole nitrogens is 1. The van der Waals surface area contributed by atoms with E-state index in [0.717, 1.165) is 41.9 Å². The molecule has 1 aromatic heterocycles. The number of hydrogen-bond donors (Lipinski definition) is 3. The summed E-state index contributed by atoms with van der Waals surface area (Å²) in [6.07, 6.45) is -2.83. The fourth-order valence-electron chi connectivity index (χ4n) is 3.14. The molecule has 0 bridgehead atoms. The molecular weight excluding hydrogens is 420 g/mol. The quantitative estimate of drug-likeness (QED) is 0.616. The lowest BCUT2D eigenvalue weighted by molar-refractivity contribution is -0.192. The van der Waals surface area contributed by atoms with Crippen molar-refractivity contribution in [3.63, 3.8) is 0 Å². The van der Waals surface area contributed by atoms with E-state index in [-0.39, 0.29) is 17.6 Å². The molecule has 1 aliphatic carbocycles. The topological polar surface area (TPSA) is 98.3 Å². The van der Waals surface area contributed by atoms with E-state index in [4.69, 9.17) is 9.90 Å². The summed E-state index contributed by atoms with van der Waals surface area (Å²) in [5.74, 6) is -3.00. The fourth-order valence-corrected chi connectivity index (χ4v) is 3.14. The zero-order valence-electron chi connectivity index (χ0n) is 17.1. The van der Waals surface area contributed by atoms with Crippen molar-refractivity contribution in [3.8, 4) is 11.3 Å². The first-order valence-electron chi connectivity index (χ1n) is 9.53. The minimum absolute atomic E-state index is 0.0513. The Morgan fingerprint density at radius 3 is 2.58 bits per heavy atom. The van der Waals surface area contributed by atoms with Gasteiger partial charge in [0.25, 0.3) is 0 Å². The number of aliphatic carboxylic acids is 1. The van der Waals surface area contributed by atoms with Gasteiger partial charge in [-0.05, 0) is 45.5 Å². The standard InChI is InChI=1S/C18H23FN4O.C2HF3O2/c1-23(2)9-8-20-18(24)13-6-7-16-15(11-13)17(22-21-16)12-4-3-5-14(19)10-12;3-2(4,5)1(6)7/h3-5,10,13H,6-9,11H2,1-2H3,(H,20,24)(H,21,22);(H,6,7). The number of rotatable bonds is 5. The highest BCUT2D eigenvalue weighted by Gasteiger charge is 2.38. The van der Waals surface area contributed by atoms with E-state index in [9.17, 15) is 22.4 Å². The summed E-state index contributed by atoms with van der Waals surface area (Å²) in [4.78, 5) is 23.3. The van der Waals surface area contributed by atoms with Crippen molar-refractivity contribution in [2.45, 2.75) is 25.4 Å². The number of carbonyl (C=O) groups excluding carboxylic acids is 1. The van der Waals surface area contributed by atoms with E-state index in [0.29, 0.717) is 13.0 Å². The number of benzene rings is 1. The summed E-state index contributed by atoms with van der Waals surface area (Å²) in [7, 11) is 3.96. The molecule has 0 saturated carbocycles. The van der Waals surface area contributed by atoms with E-state index >= 15 is 0 Å². The van der Waals surface area contributed by atoms with Crippen LogP contribution in [0.25, 0.3) is 11.3 Å². The zero-order valence-corrected chi connectivity index (χ0v) is 17.1. The lowest BCUT2D eigenvalue weighted by Crippen LogP contribution is -2.37. The summed E-state index contributed by atoms with van der Waals surface area (Å²) in [5.41, 5.74) is 3.61. The van der Waals surface area contributed by atoms with E-state index in [1.54, 1.807) is 6.07 Å². The number of carboxylic acid groups (broad SMARTS) is 1. The molecule has 0 radical (unpaired) electrons. The molecule has 1 aliphatic rings. The highest BCUT2D eigenvalue weighted by Crippen LogP contribution is 2.32. The van der Waals surface area contributed by atoms with Crippen LogP contribution in [-0.2, 0) is 22.4 Å². The third-order valence-corrected chi connectivity index (χ3v) is 4.72. The first kappa shape index (κ1) is 24.3. The summed E-state index contributed by atoms with van der Waals surface area (Å²) in [5, 5.41) is 17.5. The molecule has 3 N–H and O–H groups in total. The van der Waals surface area contributed by atoms with Crippen LogP contribution in [0.5, 0.6) is 0 Å². The van der Waals surface area contributed by atoms with Gasteiger partial charge in [-0.15, -0.1) is 0 Å². The number of aromatic amines is 1. The second-order valence-electron chi connectivity index (χ2n) is 7.38. The average Bonchev–Trinajstić information content (AvgIpc) is 3.10. The van der Waals surface area contributed by atoms with Crippen molar-refractivity contribution >= 4 is 11.9 Å². The Morgan fingerprint density at radius 1 is 1.32 bits per heavy atom. The molecule has 3 rings (SSSR count). The Bertz CT molecular complexity index is 912. The molecule has 170 valence electrons. The van der Waals surface area contributed by atoms with Crippen molar-refractivity contribution in [3.05, 3.63) is 41.3 Å². The van der Waals surface area contributed by atoms with Crippen molar-refractivity contribution in [1.82, 2.24) is 20.4 Å². The van der Waals surface area contributed by atoms with Crippen LogP contribution in [0.3, 0.4) is 0 Å². The summed E-state index contributed by atoms with van der Waals surface area (Å²) in [6, 6.07) is 6.43. The molecule has 11 heteroatoms. The van der Waals surface area contributed by atoms with Crippen LogP contribution in [-0.4, -0.2) is 65.4 Å². The second kappa shape index (κ2) is 10.4. The fraction of sp³-hybridized carbons (Fsp3) is 0.450. The zero-order chi connectivity index (χ0) is 23.2. The van der Waals surface area contributed by atoms with Crippen LogP contribution < -0.4 is 5.32 Å². The SMILES string of the molecule is CN(C)CCNC(=O)C1CCc2[nH]nc(-c3cccc(F)c3)c2C1.O=C(O)C(F)(F)F. The van der Waals surface area contributed by atoms with Crippen LogP contribution in [0, 0.1) is 11.7 Å². The van der Waals surface area contributed by atoms with Crippen LogP contribution in [0.1, 0.15) is 17.7 Å². The molecule has 0 fully saturated rings. The number of carbonyl (C=O) groups is 2. The van der Waals surface area contributed by atoms with Crippen LogP contribution >= 0.6 is 0 Å². The Morgan fingerprint density at radius 2 is 2.00 bits per heavy atom. The number of fused-ring (bicyclic) bond motifs is 1. The molecule has 0 saturated heterocycles. The smallest absolute Gasteiger partial charge is 0.475 e. The molecule has 2 aromatic rings. The number of likely N-dealkylation sites (N-methyl/N-ethyl adjacent to an activating group) is 1. The van der Waals surface area contributed by atoms with Gasteiger partial charge in [-0.2, -0.15) is 18.3 Å². The minimum Gasteiger partial charge on any atom is -0.475 e. The van der Waals surface area contributed by atoms with Crippen molar-refractivity contribution in [1.29, 1.82) is 0 Å². The predicted octanol–water partition coefficient (Wildman–Crippen LogP) is 2.63. The molecular formula is C20H24F4N4O3.